The first-order chi connectivity index (χ1) is 9.66. The first-order valence-electron chi connectivity index (χ1n) is 6.80. The second-order valence-electron chi connectivity index (χ2n) is 4.87. The number of hydrogen-bond acceptors (Lipinski definition) is 2. The van der Waals surface area contributed by atoms with Crippen molar-refractivity contribution in [2.75, 3.05) is 11.9 Å². The van der Waals surface area contributed by atoms with Crippen LogP contribution in [0.15, 0.2) is 54.6 Å². The van der Waals surface area contributed by atoms with Gasteiger partial charge in [0.25, 0.3) is 0 Å². The molecule has 0 bridgehead atoms. The third-order valence-electron chi connectivity index (χ3n) is 3.26. The third-order valence-corrected chi connectivity index (χ3v) is 3.26. The van der Waals surface area contributed by atoms with Gasteiger partial charge in [-0.05, 0) is 31.0 Å². The summed E-state index contributed by atoms with van der Waals surface area (Å²) >= 11 is 0. The standard InChI is InChI=1S/C17H20N2O/c1-13-8-6-7-11-16(13)18-12-17(20)19-14(2)15-9-4-3-5-10-15/h3-11,14,18H,12H2,1-2H3,(H,19,20). The van der Waals surface area contributed by atoms with Gasteiger partial charge in [-0.25, -0.2) is 0 Å². The predicted molar refractivity (Wildman–Crippen MR) is 82.7 cm³/mol. The Kier molecular flexibility index (Phi) is 4.77. The number of benzene rings is 2. The van der Waals surface area contributed by atoms with E-state index in [4.69, 9.17) is 0 Å². The Bertz CT molecular complexity index is 566. The lowest BCUT2D eigenvalue weighted by molar-refractivity contribution is -0.120. The lowest BCUT2D eigenvalue weighted by Gasteiger charge is -2.15. The first-order valence-corrected chi connectivity index (χ1v) is 6.80. The Morgan fingerprint density at radius 2 is 1.70 bits per heavy atom. The quantitative estimate of drug-likeness (QED) is 0.873. The zero-order chi connectivity index (χ0) is 14.4. The normalized spacial score (nSPS) is 11.7. The second-order valence-corrected chi connectivity index (χ2v) is 4.87. The van der Waals surface area contributed by atoms with Gasteiger partial charge < -0.3 is 10.6 Å². The molecule has 0 aliphatic carbocycles. The molecule has 3 nitrogen and oxygen atoms in total. The van der Waals surface area contributed by atoms with E-state index in [-0.39, 0.29) is 18.5 Å². The number of hydrogen-bond donors (Lipinski definition) is 2. The van der Waals surface area contributed by atoms with Crippen molar-refractivity contribution in [1.29, 1.82) is 0 Å². The van der Waals surface area contributed by atoms with Crippen molar-refractivity contribution in [3.05, 3.63) is 65.7 Å². The number of amides is 1. The van der Waals surface area contributed by atoms with E-state index < -0.39 is 0 Å². The van der Waals surface area contributed by atoms with Crippen molar-refractivity contribution in [2.24, 2.45) is 0 Å². The third kappa shape index (κ3) is 3.85. The summed E-state index contributed by atoms with van der Waals surface area (Å²) in [5.74, 6) is -0.00962. The maximum atomic E-state index is 11.9. The SMILES string of the molecule is Cc1ccccc1NCC(=O)NC(C)c1ccccc1. The summed E-state index contributed by atoms with van der Waals surface area (Å²) in [4.78, 5) is 11.9. The van der Waals surface area contributed by atoms with Crippen molar-refractivity contribution in [3.63, 3.8) is 0 Å². The molecule has 1 atom stereocenters. The van der Waals surface area contributed by atoms with Crippen LogP contribution in [0.2, 0.25) is 0 Å². The number of rotatable bonds is 5. The minimum absolute atomic E-state index is 0.00962. The molecule has 2 rings (SSSR count). The zero-order valence-electron chi connectivity index (χ0n) is 11.9. The summed E-state index contributed by atoms with van der Waals surface area (Å²) in [6, 6.07) is 17.9. The fraction of sp³-hybridized carbons (Fsp3) is 0.235. The number of para-hydroxylation sites is 1. The van der Waals surface area contributed by atoms with Crippen LogP contribution in [0.5, 0.6) is 0 Å². The molecule has 2 N–H and O–H groups in total. The highest BCUT2D eigenvalue weighted by Crippen LogP contribution is 2.13. The van der Waals surface area contributed by atoms with Gasteiger partial charge in [-0.15, -0.1) is 0 Å². The molecular weight excluding hydrogens is 248 g/mol. The molecular formula is C17H20N2O. The molecule has 104 valence electrons. The molecule has 0 aliphatic heterocycles. The van der Waals surface area contributed by atoms with E-state index in [0.29, 0.717) is 0 Å². The monoisotopic (exact) mass is 268 g/mol. The van der Waals surface area contributed by atoms with Gasteiger partial charge in [0.05, 0.1) is 12.6 Å². The highest BCUT2D eigenvalue weighted by Gasteiger charge is 2.09. The lowest BCUT2D eigenvalue weighted by atomic mass is 10.1. The van der Waals surface area contributed by atoms with Crippen molar-refractivity contribution < 1.29 is 4.79 Å². The van der Waals surface area contributed by atoms with E-state index in [1.54, 1.807) is 0 Å². The van der Waals surface area contributed by atoms with E-state index >= 15 is 0 Å². The van der Waals surface area contributed by atoms with Crippen LogP contribution < -0.4 is 10.6 Å². The average Bonchev–Trinajstić information content (AvgIpc) is 2.47. The van der Waals surface area contributed by atoms with Crippen molar-refractivity contribution in [2.45, 2.75) is 19.9 Å². The van der Waals surface area contributed by atoms with Crippen LogP contribution >= 0.6 is 0 Å². The summed E-state index contributed by atoms with van der Waals surface area (Å²) in [7, 11) is 0. The highest BCUT2D eigenvalue weighted by atomic mass is 16.1. The molecule has 20 heavy (non-hydrogen) atoms. The van der Waals surface area contributed by atoms with Crippen LogP contribution in [0.4, 0.5) is 5.69 Å². The zero-order valence-corrected chi connectivity index (χ0v) is 11.9. The van der Waals surface area contributed by atoms with Crippen LogP contribution in [0.25, 0.3) is 0 Å². The number of nitrogens with one attached hydrogen (secondary N) is 2. The van der Waals surface area contributed by atoms with Crippen LogP contribution in [0.1, 0.15) is 24.1 Å². The van der Waals surface area contributed by atoms with Gasteiger partial charge in [0, 0.05) is 5.69 Å². The summed E-state index contributed by atoms with van der Waals surface area (Å²) < 4.78 is 0. The maximum Gasteiger partial charge on any atom is 0.239 e. The molecule has 3 heteroatoms. The molecule has 1 unspecified atom stereocenters. The second kappa shape index (κ2) is 6.75. The number of carbonyl (C=O) groups is 1. The number of carbonyl (C=O) groups excluding carboxylic acids is 1. The smallest absolute Gasteiger partial charge is 0.239 e. The number of aryl methyl sites for hydroxylation is 1. The summed E-state index contributed by atoms with van der Waals surface area (Å²) in [5.41, 5.74) is 3.24. The summed E-state index contributed by atoms with van der Waals surface area (Å²) in [6.45, 7) is 4.29. The summed E-state index contributed by atoms with van der Waals surface area (Å²) in [5, 5.41) is 6.14. The van der Waals surface area contributed by atoms with Gasteiger partial charge in [-0.2, -0.15) is 0 Å². The Hall–Kier alpha value is -2.29. The fourth-order valence-corrected chi connectivity index (χ4v) is 2.06. The average molecular weight is 268 g/mol. The van der Waals surface area contributed by atoms with E-state index in [0.717, 1.165) is 16.8 Å². The van der Waals surface area contributed by atoms with Crippen LogP contribution in [-0.2, 0) is 4.79 Å². The fourth-order valence-electron chi connectivity index (χ4n) is 2.06. The number of anilines is 1. The minimum Gasteiger partial charge on any atom is -0.376 e. The molecule has 0 saturated carbocycles. The highest BCUT2D eigenvalue weighted by molar-refractivity contribution is 5.81. The maximum absolute atomic E-state index is 11.9. The van der Waals surface area contributed by atoms with E-state index in [2.05, 4.69) is 10.6 Å². The van der Waals surface area contributed by atoms with Gasteiger partial charge in [0.15, 0.2) is 0 Å². The molecule has 0 radical (unpaired) electrons. The van der Waals surface area contributed by atoms with E-state index in [9.17, 15) is 4.79 Å². The van der Waals surface area contributed by atoms with Gasteiger partial charge in [0.1, 0.15) is 0 Å². The van der Waals surface area contributed by atoms with Crippen LogP contribution in [0, 0.1) is 6.92 Å². The van der Waals surface area contributed by atoms with Crippen LogP contribution in [-0.4, -0.2) is 12.5 Å². The molecule has 0 heterocycles. The molecule has 1 amide bonds. The minimum atomic E-state index is -0.00962. The molecule has 0 aliphatic rings. The van der Waals surface area contributed by atoms with Crippen molar-refractivity contribution in [1.82, 2.24) is 5.32 Å². The Morgan fingerprint density at radius 1 is 1.05 bits per heavy atom. The van der Waals surface area contributed by atoms with Crippen LogP contribution in [0.3, 0.4) is 0 Å². The first kappa shape index (κ1) is 14.1. The molecule has 0 aromatic heterocycles. The van der Waals surface area contributed by atoms with Gasteiger partial charge in [0.2, 0.25) is 5.91 Å². The van der Waals surface area contributed by atoms with Crippen molar-refractivity contribution >= 4 is 11.6 Å². The molecule has 0 spiro atoms. The Balaban J connectivity index is 1.86. The largest absolute Gasteiger partial charge is 0.376 e. The van der Waals surface area contributed by atoms with Gasteiger partial charge in [-0.1, -0.05) is 48.5 Å². The topological polar surface area (TPSA) is 41.1 Å². The molecule has 2 aromatic carbocycles. The van der Waals surface area contributed by atoms with Gasteiger partial charge in [-0.3, -0.25) is 4.79 Å². The lowest BCUT2D eigenvalue weighted by Crippen LogP contribution is -2.32. The Labute approximate surface area is 120 Å². The molecule has 0 fully saturated rings. The van der Waals surface area contributed by atoms with Gasteiger partial charge >= 0.3 is 0 Å². The van der Waals surface area contributed by atoms with Crippen molar-refractivity contribution in [3.8, 4) is 0 Å². The molecule has 2 aromatic rings. The predicted octanol–water partition coefficient (Wildman–Crippen LogP) is 3.28. The van der Waals surface area contributed by atoms with E-state index in [1.165, 1.54) is 0 Å². The summed E-state index contributed by atoms with van der Waals surface area (Å²) in [6.07, 6.45) is 0. The Morgan fingerprint density at radius 3 is 2.40 bits per heavy atom. The van der Waals surface area contributed by atoms with E-state index in [1.807, 2.05) is 68.4 Å². The molecule has 0 saturated heterocycles.